The molecule has 7 heteroatoms. The van der Waals surface area contributed by atoms with E-state index >= 15 is 0 Å². The van der Waals surface area contributed by atoms with Crippen molar-refractivity contribution in [1.29, 1.82) is 0 Å². The van der Waals surface area contributed by atoms with Gasteiger partial charge in [-0.15, -0.1) is 0 Å². The van der Waals surface area contributed by atoms with E-state index in [4.69, 9.17) is 11.6 Å². The molecular formula is C14H10BrClN2O3. The lowest BCUT2D eigenvalue weighted by atomic mass is 10.1. The molecule has 0 aliphatic rings. The smallest absolute Gasteiger partial charge is 0.289 e. The standard InChI is InChI=1S/C14H10BrClN2O3/c1-8-3-2-4-10(13(8)15)14(19)17-9-5-6-11(16)12(7-9)18(20)21/h2-7H,1H3,(H,17,19). The quantitative estimate of drug-likeness (QED) is 0.636. The number of benzene rings is 2. The van der Waals surface area contributed by atoms with Gasteiger partial charge in [-0.1, -0.05) is 23.7 Å². The maximum atomic E-state index is 12.2. The fourth-order valence-corrected chi connectivity index (χ4v) is 2.38. The van der Waals surface area contributed by atoms with Crippen molar-refractivity contribution >= 4 is 44.8 Å². The summed E-state index contributed by atoms with van der Waals surface area (Å²) in [7, 11) is 0. The highest BCUT2D eigenvalue weighted by atomic mass is 79.9. The number of nitro groups is 1. The van der Waals surface area contributed by atoms with E-state index in [0.717, 1.165) is 5.56 Å². The van der Waals surface area contributed by atoms with Crippen molar-refractivity contribution < 1.29 is 9.72 Å². The second-order valence-corrected chi connectivity index (χ2v) is 5.51. The zero-order valence-corrected chi connectivity index (χ0v) is 13.2. The number of rotatable bonds is 3. The van der Waals surface area contributed by atoms with Crippen LogP contribution in [0.25, 0.3) is 0 Å². The minimum atomic E-state index is -0.597. The monoisotopic (exact) mass is 368 g/mol. The zero-order chi connectivity index (χ0) is 15.6. The number of carbonyl (C=O) groups is 1. The van der Waals surface area contributed by atoms with Crippen molar-refractivity contribution in [3.8, 4) is 0 Å². The van der Waals surface area contributed by atoms with E-state index in [9.17, 15) is 14.9 Å². The molecule has 0 saturated heterocycles. The number of nitrogens with one attached hydrogen (secondary N) is 1. The van der Waals surface area contributed by atoms with Gasteiger partial charge in [-0.3, -0.25) is 14.9 Å². The van der Waals surface area contributed by atoms with Crippen LogP contribution in [0.3, 0.4) is 0 Å². The molecule has 0 fully saturated rings. The zero-order valence-electron chi connectivity index (χ0n) is 10.9. The van der Waals surface area contributed by atoms with E-state index in [0.29, 0.717) is 15.7 Å². The summed E-state index contributed by atoms with van der Waals surface area (Å²) in [6.45, 7) is 1.87. The van der Waals surface area contributed by atoms with Crippen LogP contribution in [0.4, 0.5) is 11.4 Å². The Bertz CT molecular complexity index is 734. The van der Waals surface area contributed by atoms with Crippen molar-refractivity contribution in [2.45, 2.75) is 6.92 Å². The van der Waals surface area contributed by atoms with Gasteiger partial charge in [0.25, 0.3) is 11.6 Å². The van der Waals surface area contributed by atoms with Crippen LogP contribution < -0.4 is 5.32 Å². The van der Waals surface area contributed by atoms with Gasteiger partial charge >= 0.3 is 0 Å². The normalized spacial score (nSPS) is 10.2. The molecule has 0 aliphatic heterocycles. The largest absolute Gasteiger partial charge is 0.322 e. The SMILES string of the molecule is Cc1cccc(C(=O)Nc2ccc(Cl)c([N+](=O)[O-])c2)c1Br. The first-order valence-electron chi connectivity index (χ1n) is 5.90. The molecule has 0 aromatic heterocycles. The summed E-state index contributed by atoms with van der Waals surface area (Å²) in [5, 5.41) is 13.5. The Morgan fingerprint density at radius 3 is 2.71 bits per heavy atom. The van der Waals surface area contributed by atoms with Crippen LogP contribution in [0.2, 0.25) is 5.02 Å². The number of nitro benzene ring substituents is 1. The van der Waals surface area contributed by atoms with Crippen molar-refractivity contribution in [3.63, 3.8) is 0 Å². The molecular weight excluding hydrogens is 360 g/mol. The molecule has 2 aromatic carbocycles. The average molecular weight is 370 g/mol. The summed E-state index contributed by atoms with van der Waals surface area (Å²) in [6, 6.07) is 9.41. The minimum Gasteiger partial charge on any atom is -0.322 e. The van der Waals surface area contributed by atoms with Gasteiger partial charge in [0.15, 0.2) is 0 Å². The van der Waals surface area contributed by atoms with E-state index in [1.54, 1.807) is 12.1 Å². The lowest BCUT2D eigenvalue weighted by Gasteiger charge is -2.08. The summed E-state index contributed by atoms with van der Waals surface area (Å²) in [6.07, 6.45) is 0. The predicted molar refractivity (Wildman–Crippen MR) is 84.9 cm³/mol. The highest BCUT2D eigenvalue weighted by Crippen LogP contribution is 2.28. The van der Waals surface area contributed by atoms with Gasteiger partial charge < -0.3 is 5.32 Å². The van der Waals surface area contributed by atoms with Gasteiger partial charge in [0.1, 0.15) is 5.02 Å². The molecule has 0 radical (unpaired) electrons. The van der Waals surface area contributed by atoms with Crippen LogP contribution >= 0.6 is 27.5 Å². The second kappa shape index (κ2) is 6.24. The molecule has 21 heavy (non-hydrogen) atoms. The van der Waals surface area contributed by atoms with Crippen molar-refractivity contribution in [3.05, 3.63) is 67.1 Å². The molecule has 0 unspecified atom stereocenters. The third kappa shape index (κ3) is 3.40. The second-order valence-electron chi connectivity index (χ2n) is 4.31. The number of hydrogen-bond donors (Lipinski definition) is 1. The Morgan fingerprint density at radius 2 is 2.05 bits per heavy atom. The molecule has 108 valence electrons. The van der Waals surface area contributed by atoms with Crippen LogP contribution in [-0.2, 0) is 0 Å². The van der Waals surface area contributed by atoms with E-state index in [1.165, 1.54) is 18.2 Å². The van der Waals surface area contributed by atoms with Crippen molar-refractivity contribution in [2.75, 3.05) is 5.32 Å². The fourth-order valence-electron chi connectivity index (χ4n) is 1.75. The number of nitrogens with zero attached hydrogens (tertiary/aromatic N) is 1. The Labute approximate surface area is 134 Å². The lowest BCUT2D eigenvalue weighted by Crippen LogP contribution is -2.13. The number of aryl methyl sites for hydroxylation is 1. The molecule has 0 spiro atoms. The molecule has 0 atom stereocenters. The van der Waals surface area contributed by atoms with Crippen molar-refractivity contribution in [1.82, 2.24) is 0 Å². The Balaban J connectivity index is 2.30. The number of carbonyl (C=O) groups excluding carboxylic acids is 1. The predicted octanol–water partition coefficient (Wildman–Crippen LogP) is 4.57. The number of halogens is 2. The van der Waals surface area contributed by atoms with Gasteiger partial charge in [-0.25, -0.2) is 0 Å². The molecule has 2 aromatic rings. The average Bonchev–Trinajstić information content (AvgIpc) is 2.43. The Hall–Kier alpha value is -1.92. The third-order valence-corrected chi connectivity index (χ3v) is 4.21. The highest BCUT2D eigenvalue weighted by molar-refractivity contribution is 9.10. The summed E-state index contributed by atoms with van der Waals surface area (Å²) in [5.74, 6) is -0.359. The van der Waals surface area contributed by atoms with E-state index < -0.39 is 4.92 Å². The summed E-state index contributed by atoms with van der Waals surface area (Å²) >= 11 is 9.08. The van der Waals surface area contributed by atoms with Gasteiger partial charge in [-0.05, 0) is 46.6 Å². The summed E-state index contributed by atoms with van der Waals surface area (Å²) < 4.78 is 0.686. The van der Waals surface area contributed by atoms with E-state index in [-0.39, 0.29) is 16.6 Å². The maximum Gasteiger partial charge on any atom is 0.289 e. The number of anilines is 1. The lowest BCUT2D eigenvalue weighted by molar-refractivity contribution is -0.384. The molecule has 5 nitrogen and oxygen atoms in total. The minimum absolute atomic E-state index is 0.0229. The number of hydrogen-bond acceptors (Lipinski definition) is 3. The molecule has 0 heterocycles. The summed E-state index contributed by atoms with van der Waals surface area (Å²) in [5.41, 5.74) is 1.43. The van der Waals surface area contributed by atoms with Crippen LogP contribution in [0.15, 0.2) is 40.9 Å². The van der Waals surface area contributed by atoms with Crippen molar-refractivity contribution in [2.24, 2.45) is 0 Å². The van der Waals surface area contributed by atoms with E-state index in [2.05, 4.69) is 21.2 Å². The molecule has 0 aliphatic carbocycles. The molecule has 2 rings (SSSR count). The fraction of sp³-hybridized carbons (Fsp3) is 0.0714. The number of amides is 1. The molecule has 1 amide bonds. The summed E-state index contributed by atoms with van der Waals surface area (Å²) in [4.78, 5) is 22.4. The van der Waals surface area contributed by atoms with Crippen LogP contribution in [0.5, 0.6) is 0 Å². The van der Waals surface area contributed by atoms with Crippen LogP contribution in [0.1, 0.15) is 15.9 Å². The molecule has 0 saturated carbocycles. The Kier molecular flexibility index (Phi) is 4.59. The highest BCUT2D eigenvalue weighted by Gasteiger charge is 2.16. The first kappa shape index (κ1) is 15.5. The third-order valence-electron chi connectivity index (χ3n) is 2.84. The molecule has 0 bridgehead atoms. The Morgan fingerprint density at radius 1 is 1.33 bits per heavy atom. The van der Waals surface area contributed by atoms with Crippen LogP contribution in [-0.4, -0.2) is 10.8 Å². The van der Waals surface area contributed by atoms with Gasteiger partial charge in [0.2, 0.25) is 0 Å². The molecule has 1 N–H and O–H groups in total. The topological polar surface area (TPSA) is 72.2 Å². The first-order valence-corrected chi connectivity index (χ1v) is 7.07. The van der Waals surface area contributed by atoms with Gasteiger partial charge in [0.05, 0.1) is 10.5 Å². The van der Waals surface area contributed by atoms with Crippen LogP contribution in [0, 0.1) is 17.0 Å². The first-order chi connectivity index (χ1) is 9.90. The van der Waals surface area contributed by atoms with Gasteiger partial charge in [0, 0.05) is 16.2 Å². The van der Waals surface area contributed by atoms with Gasteiger partial charge in [-0.2, -0.15) is 0 Å². The van der Waals surface area contributed by atoms with E-state index in [1.807, 2.05) is 13.0 Å². The maximum absolute atomic E-state index is 12.2.